The number of aliphatic hydroxyl groups is 1. The van der Waals surface area contributed by atoms with E-state index in [0.717, 1.165) is 36.1 Å². The first-order valence-corrected chi connectivity index (χ1v) is 9.92. The van der Waals surface area contributed by atoms with Crippen molar-refractivity contribution in [2.24, 2.45) is 0 Å². The summed E-state index contributed by atoms with van der Waals surface area (Å²) in [6.45, 7) is 2.11. The van der Waals surface area contributed by atoms with Gasteiger partial charge in [0, 0.05) is 18.7 Å². The van der Waals surface area contributed by atoms with Crippen LogP contribution in [-0.4, -0.2) is 42.7 Å². The quantitative estimate of drug-likeness (QED) is 0.885. The van der Waals surface area contributed by atoms with E-state index in [1.807, 2.05) is 41.3 Å². The molecule has 0 bridgehead atoms. The predicted molar refractivity (Wildman–Crippen MR) is 106 cm³/mol. The smallest absolute Gasteiger partial charge is 0.226 e. The van der Waals surface area contributed by atoms with Gasteiger partial charge in [-0.1, -0.05) is 36.4 Å². The van der Waals surface area contributed by atoms with E-state index in [1.165, 1.54) is 11.1 Å². The van der Waals surface area contributed by atoms with E-state index in [9.17, 15) is 4.79 Å². The molecular formula is C23H27NO4. The Balaban J connectivity index is 1.46. The van der Waals surface area contributed by atoms with Crippen molar-refractivity contribution in [3.63, 3.8) is 0 Å². The number of ether oxygens (including phenoxy) is 2. The van der Waals surface area contributed by atoms with Crippen molar-refractivity contribution in [3.05, 3.63) is 64.7 Å². The van der Waals surface area contributed by atoms with Crippen LogP contribution in [0, 0.1) is 0 Å². The Kier molecular flexibility index (Phi) is 5.38. The lowest BCUT2D eigenvalue weighted by atomic mass is 9.78. The van der Waals surface area contributed by atoms with Gasteiger partial charge in [0.05, 0.1) is 26.7 Å². The maximum Gasteiger partial charge on any atom is 0.226 e. The maximum atomic E-state index is 12.8. The van der Waals surface area contributed by atoms with Gasteiger partial charge in [-0.05, 0) is 42.0 Å². The molecule has 1 N–H and O–H groups in total. The molecule has 0 unspecified atom stereocenters. The van der Waals surface area contributed by atoms with Crippen molar-refractivity contribution in [2.45, 2.75) is 37.9 Å². The van der Waals surface area contributed by atoms with Crippen LogP contribution in [0.2, 0.25) is 0 Å². The van der Waals surface area contributed by atoms with Gasteiger partial charge in [0.15, 0.2) is 0 Å². The second-order valence-electron chi connectivity index (χ2n) is 7.62. The van der Waals surface area contributed by atoms with E-state index in [0.29, 0.717) is 26.1 Å². The normalized spacial score (nSPS) is 18.0. The average molecular weight is 381 g/mol. The summed E-state index contributed by atoms with van der Waals surface area (Å²) in [5, 5.41) is 9.15. The number of piperidine rings is 1. The van der Waals surface area contributed by atoms with Gasteiger partial charge in [0.2, 0.25) is 5.91 Å². The molecule has 0 saturated carbocycles. The summed E-state index contributed by atoms with van der Waals surface area (Å²) >= 11 is 0. The summed E-state index contributed by atoms with van der Waals surface area (Å²) < 4.78 is 11.9. The van der Waals surface area contributed by atoms with Gasteiger partial charge >= 0.3 is 0 Å². The molecule has 1 spiro atoms. The van der Waals surface area contributed by atoms with Gasteiger partial charge in [-0.2, -0.15) is 0 Å². The van der Waals surface area contributed by atoms with E-state index in [4.69, 9.17) is 14.6 Å². The zero-order valence-corrected chi connectivity index (χ0v) is 16.3. The molecule has 28 heavy (non-hydrogen) atoms. The third-order valence-electron chi connectivity index (χ3n) is 6.02. The SMILES string of the molecule is COc1cccc2c1C1(CCN(C(=O)Cc3ccc(CO)cc3)CC1)OCC2. The number of likely N-dealkylation sites (tertiary alicyclic amines) is 1. The number of methoxy groups -OCH3 is 1. The topological polar surface area (TPSA) is 59.0 Å². The number of hydrogen-bond acceptors (Lipinski definition) is 4. The standard InChI is InChI=1S/C23H27NO4/c1-27-20-4-2-3-19-9-14-28-23(22(19)20)10-12-24(13-11-23)21(26)15-17-5-7-18(16-25)8-6-17/h2-8,25H,9-16H2,1H3. The van der Waals surface area contributed by atoms with Crippen LogP contribution in [-0.2, 0) is 34.6 Å². The minimum absolute atomic E-state index is 0.0212. The van der Waals surface area contributed by atoms with E-state index in [1.54, 1.807) is 7.11 Å². The number of aliphatic hydroxyl groups excluding tert-OH is 1. The fourth-order valence-electron chi connectivity index (χ4n) is 4.46. The monoisotopic (exact) mass is 381 g/mol. The largest absolute Gasteiger partial charge is 0.496 e. The zero-order chi connectivity index (χ0) is 19.6. The molecule has 0 aromatic heterocycles. The molecule has 2 aliphatic rings. The van der Waals surface area contributed by atoms with Gasteiger partial charge in [-0.3, -0.25) is 4.79 Å². The van der Waals surface area contributed by atoms with Crippen LogP contribution in [0.15, 0.2) is 42.5 Å². The lowest BCUT2D eigenvalue weighted by Gasteiger charge is -2.45. The highest BCUT2D eigenvalue weighted by Crippen LogP contribution is 2.45. The minimum atomic E-state index is -0.347. The molecule has 4 rings (SSSR count). The molecule has 2 heterocycles. The van der Waals surface area contributed by atoms with Crippen molar-refractivity contribution in [2.75, 3.05) is 26.8 Å². The molecule has 1 fully saturated rings. The molecule has 2 aliphatic heterocycles. The van der Waals surface area contributed by atoms with Gasteiger partial charge < -0.3 is 19.5 Å². The molecule has 0 atom stereocenters. The molecule has 2 aromatic rings. The van der Waals surface area contributed by atoms with Crippen molar-refractivity contribution >= 4 is 5.91 Å². The van der Waals surface area contributed by atoms with Crippen LogP contribution in [0.3, 0.4) is 0 Å². The van der Waals surface area contributed by atoms with Crippen molar-refractivity contribution in [3.8, 4) is 5.75 Å². The number of fused-ring (bicyclic) bond motifs is 2. The lowest BCUT2D eigenvalue weighted by molar-refractivity contribution is -0.140. The van der Waals surface area contributed by atoms with Crippen LogP contribution in [0.25, 0.3) is 0 Å². The number of carbonyl (C=O) groups is 1. The molecule has 5 heteroatoms. The molecule has 2 aromatic carbocycles. The predicted octanol–water partition coefficient (Wildman–Crippen LogP) is 2.82. The summed E-state index contributed by atoms with van der Waals surface area (Å²) in [5.74, 6) is 1.03. The zero-order valence-electron chi connectivity index (χ0n) is 16.3. The van der Waals surface area contributed by atoms with Gasteiger partial charge in [0.1, 0.15) is 11.4 Å². The highest BCUT2D eigenvalue weighted by molar-refractivity contribution is 5.79. The highest BCUT2D eigenvalue weighted by atomic mass is 16.5. The molecule has 0 radical (unpaired) electrons. The summed E-state index contributed by atoms with van der Waals surface area (Å²) in [4.78, 5) is 14.7. The van der Waals surface area contributed by atoms with E-state index in [-0.39, 0.29) is 18.1 Å². The van der Waals surface area contributed by atoms with Gasteiger partial charge in [-0.25, -0.2) is 0 Å². The Hall–Kier alpha value is -2.37. The summed E-state index contributed by atoms with van der Waals surface area (Å²) in [6, 6.07) is 13.8. The van der Waals surface area contributed by atoms with Crippen molar-refractivity contribution < 1.29 is 19.4 Å². The van der Waals surface area contributed by atoms with Gasteiger partial charge in [0.25, 0.3) is 0 Å². The van der Waals surface area contributed by atoms with Crippen LogP contribution in [0.1, 0.15) is 35.1 Å². The maximum absolute atomic E-state index is 12.8. The second-order valence-corrected chi connectivity index (χ2v) is 7.62. The molecule has 1 saturated heterocycles. The van der Waals surface area contributed by atoms with Crippen LogP contribution >= 0.6 is 0 Å². The van der Waals surface area contributed by atoms with Crippen LogP contribution < -0.4 is 4.74 Å². The summed E-state index contributed by atoms with van der Waals surface area (Å²) in [6.07, 6.45) is 2.87. The van der Waals surface area contributed by atoms with Crippen LogP contribution in [0.4, 0.5) is 0 Å². The van der Waals surface area contributed by atoms with E-state index >= 15 is 0 Å². The first-order chi connectivity index (χ1) is 13.6. The first kappa shape index (κ1) is 19.0. The highest BCUT2D eigenvalue weighted by Gasteiger charge is 2.43. The number of amides is 1. The van der Waals surface area contributed by atoms with E-state index in [2.05, 4.69) is 6.07 Å². The number of nitrogens with zero attached hydrogens (tertiary/aromatic N) is 1. The van der Waals surface area contributed by atoms with Crippen molar-refractivity contribution in [1.82, 2.24) is 4.90 Å². The summed E-state index contributed by atoms with van der Waals surface area (Å²) in [7, 11) is 1.71. The Morgan fingerprint density at radius 3 is 2.54 bits per heavy atom. The van der Waals surface area contributed by atoms with Crippen molar-refractivity contribution in [1.29, 1.82) is 0 Å². The van der Waals surface area contributed by atoms with Gasteiger partial charge in [-0.15, -0.1) is 0 Å². The van der Waals surface area contributed by atoms with E-state index < -0.39 is 0 Å². The first-order valence-electron chi connectivity index (χ1n) is 9.92. The number of carbonyl (C=O) groups excluding carboxylic acids is 1. The molecule has 0 aliphatic carbocycles. The molecule has 1 amide bonds. The summed E-state index contributed by atoms with van der Waals surface area (Å²) in [5.41, 5.74) is 3.96. The number of benzene rings is 2. The lowest BCUT2D eigenvalue weighted by Crippen LogP contribution is -2.48. The fraction of sp³-hybridized carbons (Fsp3) is 0.435. The Morgan fingerprint density at radius 2 is 1.86 bits per heavy atom. The molecular weight excluding hydrogens is 354 g/mol. The Bertz CT molecular complexity index is 824. The number of rotatable bonds is 4. The second kappa shape index (κ2) is 7.94. The Morgan fingerprint density at radius 1 is 1.14 bits per heavy atom. The number of hydrogen-bond donors (Lipinski definition) is 1. The third kappa shape index (κ3) is 3.52. The molecule has 5 nitrogen and oxygen atoms in total. The average Bonchev–Trinajstić information content (AvgIpc) is 2.74. The fourth-order valence-corrected chi connectivity index (χ4v) is 4.46. The minimum Gasteiger partial charge on any atom is -0.496 e. The Labute approximate surface area is 165 Å². The van der Waals surface area contributed by atoms with Crippen LogP contribution in [0.5, 0.6) is 5.75 Å². The molecule has 148 valence electrons. The third-order valence-corrected chi connectivity index (χ3v) is 6.02.